The van der Waals surface area contributed by atoms with Crippen LogP contribution in [0.5, 0.6) is 0 Å². The number of furan rings is 1. The molecule has 0 unspecified atom stereocenters. The Labute approximate surface area is 232 Å². The van der Waals surface area contributed by atoms with Gasteiger partial charge in [-0.3, -0.25) is 4.99 Å². The molecular formula is C35H26N4O. The average molecular weight is 519 g/mol. The van der Waals surface area contributed by atoms with Crippen LogP contribution in [0.15, 0.2) is 144 Å². The maximum Gasteiger partial charge on any atom is 0.164 e. The summed E-state index contributed by atoms with van der Waals surface area (Å²) in [6.07, 6.45) is 9.11. The second kappa shape index (κ2) is 11.1. The first-order valence-electron chi connectivity index (χ1n) is 13.0. The molecule has 5 nitrogen and oxygen atoms in total. The van der Waals surface area contributed by atoms with Crippen LogP contribution in [-0.2, 0) is 0 Å². The Bertz CT molecular complexity index is 1860. The summed E-state index contributed by atoms with van der Waals surface area (Å²) < 4.78 is 6.44. The number of allylic oxidation sites excluding steroid dienone is 4. The minimum atomic E-state index is 0.591. The topological polar surface area (TPSA) is 64.2 Å². The van der Waals surface area contributed by atoms with Crippen LogP contribution in [0.3, 0.4) is 0 Å². The minimum absolute atomic E-state index is 0.591. The molecule has 2 heterocycles. The van der Waals surface area contributed by atoms with Crippen LogP contribution in [0.2, 0.25) is 0 Å². The van der Waals surface area contributed by atoms with Crippen molar-refractivity contribution in [1.82, 2.24) is 15.0 Å². The second-order valence-electron chi connectivity index (χ2n) is 9.18. The van der Waals surface area contributed by atoms with E-state index in [-0.39, 0.29) is 0 Å². The number of hydrogen-bond donors (Lipinski definition) is 0. The first kappa shape index (κ1) is 24.9. The Morgan fingerprint density at radius 2 is 1.35 bits per heavy atom. The van der Waals surface area contributed by atoms with Gasteiger partial charge in [0.05, 0.1) is 0 Å². The van der Waals surface area contributed by atoms with E-state index in [1.807, 2.05) is 116 Å². The van der Waals surface area contributed by atoms with Crippen molar-refractivity contribution in [2.45, 2.75) is 6.92 Å². The molecule has 0 saturated carbocycles. The molecule has 6 rings (SSSR count). The third kappa shape index (κ3) is 4.88. The van der Waals surface area contributed by atoms with Gasteiger partial charge in [0.2, 0.25) is 0 Å². The van der Waals surface area contributed by atoms with Gasteiger partial charge in [0.15, 0.2) is 17.5 Å². The van der Waals surface area contributed by atoms with Crippen molar-refractivity contribution < 1.29 is 4.42 Å². The van der Waals surface area contributed by atoms with Crippen molar-refractivity contribution >= 4 is 27.7 Å². The summed E-state index contributed by atoms with van der Waals surface area (Å²) in [5, 5.41) is 1.94. The molecule has 0 fully saturated rings. The molecule has 0 amide bonds. The molecule has 6 aromatic rings. The largest absolute Gasteiger partial charge is 0.455 e. The van der Waals surface area contributed by atoms with Gasteiger partial charge in [-0.25, -0.2) is 15.0 Å². The molecule has 0 atom stereocenters. The van der Waals surface area contributed by atoms with E-state index in [1.54, 1.807) is 12.3 Å². The highest BCUT2D eigenvalue weighted by Crippen LogP contribution is 2.37. The Morgan fingerprint density at radius 1 is 0.700 bits per heavy atom. The van der Waals surface area contributed by atoms with Crippen molar-refractivity contribution in [2.75, 3.05) is 0 Å². The lowest BCUT2D eigenvalue weighted by molar-refractivity contribution is 0.668. The number of benzene rings is 4. The van der Waals surface area contributed by atoms with Gasteiger partial charge in [-0.15, -0.1) is 0 Å². The van der Waals surface area contributed by atoms with Crippen molar-refractivity contribution in [3.05, 3.63) is 140 Å². The van der Waals surface area contributed by atoms with Gasteiger partial charge in [-0.2, -0.15) is 0 Å². The Kier molecular flexibility index (Phi) is 6.93. The van der Waals surface area contributed by atoms with E-state index in [2.05, 4.69) is 17.6 Å². The second-order valence-corrected chi connectivity index (χ2v) is 9.18. The Morgan fingerprint density at radius 3 is 2.02 bits per heavy atom. The molecule has 4 aromatic carbocycles. The molecular weight excluding hydrogens is 492 g/mol. The van der Waals surface area contributed by atoms with Gasteiger partial charge in [-0.1, -0.05) is 110 Å². The first-order chi connectivity index (χ1) is 19.7. The van der Waals surface area contributed by atoms with Crippen LogP contribution in [0.1, 0.15) is 12.5 Å². The average Bonchev–Trinajstić information content (AvgIpc) is 3.41. The number of aliphatic imine (C=N–C) groups is 1. The third-order valence-corrected chi connectivity index (χ3v) is 6.57. The van der Waals surface area contributed by atoms with E-state index in [1.165, 1.54) is 0 Å². The highest BCUT2D eigenvalue weighted by Gasteiger charge is 2.19. The van der Waals surface area contributed by atoms with Gasteiger partial charge < -0.3 is 4.42 Å². The number of nitrogens with zero attached hydrogens (tertiary/aromatic N) is 4. The maximum atomic E-state index is 6.44. The van der Waals surface area contributed by atoms with Crippen LogP contribution in [0.4, 0.5) is 0 Å². The lowest BCUT2D eigenvalue weighted by Crippen LogP contribution is -2.00. The Balaban J connectivity index is 1.55. The van der Waals surface area contributed by atoms with E-state index >= 15 is 0 Å². The zero-order valence-electron chi connectivity index (χ0n) is 22.0. The molecule has 2 aromatic heterocycles. The van der Waals surface area contributed by atoms with Crippen molar-refractivity contribution in [1.29, 1.82) is 0 Å². The predicted molar refractivity (Wildman–Crippen MR) is 164 cm³/mol. The zero-order valence-corrected chi connectivity index (χ0v) is 22.0. The lowest BCUT2D eigenvalue weighted by Gasteiger charge is -2.09. The normalized spacial score (nSPS) is 12.2. The smallest absolute Gasteiger partial charge is 0.164 e. The maximum absolute atomic E-state index is 6.44. The molecule has 0 bridgehead atoms. The minimum Gasteiger partial charge on any atom is -0.455 e. The number of aromatic nitrogens is 3. The first-order valence-corrected chi connectivity index (χ1v) is 13.0. The SMILES string of the molecule is C=C/C=C\C=C/N=C(C)c1cccc2c1oc1cccc(-c3nc(-c4ccccc4)nc(-c4ccccc4)n3)c12. The summed E-state index contributed by atoms with van der Waals surface area (Å²) in [6, 6.07) is 32.1. The van der Waals surface area contributed by atoms with Crippen LogP contribution >= 0.6 is 0 Å². The number of para-hydroxylation sites is 1. The van der Waals surface area contributed by atoms with Gasteiger partial charge in [0.25, 0.3) is 0 Å². The van der Waals surface area contributed by atoms with Crippen molar-refractivity contribution in [3.8, 4) is 34.2 Å². The van der Waals surface area contributed by atoms with Crippen LogP contribution in [0.25, 0.3) is 56.1 Å². The van der Waals surface area contributed by atoms with Crippen LogP contribution in [0, 0.1) is 0 Å². The molecule has 192 valence electrons. The van der Waals surface area contributed by atoms with E-state index in [0.29, 0.717) is 17.5 Å². The highest BCUT2D eigenvalue weighted by molar-refractivity contribution is 6.18. The fraction of sp³-hybridized carbons (Fsp3) is 0.0286. The highest BCUT2D eigenvalue weighted by atomic mass is 16.3. The molecule has 0 aliphatic heterocycles. The summed E-state index contributed by atoms with van der Waals surface area (Å²) in [6.45, 7) is 5.66. The van der Waals surface area contributed by atoms with Crippen LogP contribution in [-0.4, -0.2) is 20.7 Å². The van der Waals surface area contributed by atoms with Gasteiger partial charge in [0, 0.05) is 44.9 Å². The third-order valence-electron chi connectivity index (χ3n) is 6.57. The standard InChI is InChI=1S/C35H26N4O/c1-3-4-5-12-23-36-24(2)27-19-13-20-28-31-29(21-14-22-30(31)40-32(27)28)35-38-33(25-15-8-6-9-16-25)37-34(39-35)26-17-10-7-11-18-26/h3-23H,1H2,2H3/b5-4-,23-12-,36-24?. The molecule has 0 spiro atoms. The molecule has 5 heteroatoms. The monoisotopic (exact) mass is 518 g/mol. The van der Waals surface area contributed by atoms with Crippen LogP contribution < -0.4 is 0 Å². The fourth-order valence-electron chi connectivity index (χ4n) is 4.66. The molecule has 0 aliphatic carbocycles. The number of rotatable bonds is 7. The Hall–Kier alpha value is -5.42. The van der Waals surface area contributed by atoms with Crippen molar-refractivity contribution in [3.63, 3.8) is 0 Å². The number of fused-ring (bicyclic) bond motifs is 3. The molecule has 0 aliphatic rings. The molecule has 0 N–H and O–H groups in total. The van der Waals surface area contributed by atoms with E-state index < -0.39 is 0 Å². The van der Waals surface area contributed by atoms with E-state index in [4.69, 9.17) is 19.4 Å². The summed E-state index contributed by atoms with van der Waals surface area (Å²) in [5.74, 6) is 1.83. The lowest BCUT2D eigenvalue weighted by atomic mass is 10.0. The summed E-state index contributed by atoms with van der Waals surface area (Å²) in [4.78, 5) is 19.3. The van der Waals surface area contributed by atoms with Gasteiger partial charge in [0.1, 0.15) is 11.2 Å². The molecule has 40 heavy (non-hydrogen) atoms. The quantitative estimate of drug-likeness (QED) is 0.156. The zero-order chi connectivity index (χ0) is 27.3. The summed E-state index contributed by atoms with van der Waals surface area (Å²) >= 11 is 0. The number of hydrogen-bond acceptors (Lipinski definition) is 5. The van der Waals surface area contributed by atoms with E-state index in [9.17, 15) is 0 Å². The summed E-state index contributed by atoms with van der Waals surface area (Å²) in [7, 11) is 0. The van der Waals surface area contributed by atoms with Crippen molar-refractivity contribution in [2.24, 2.45) is 4.99 Å². The fourth-order valence-corrected chi connectivity index (χ4v) is 4.66. The van der Waals surface area contributed by atoms with Gasteiger partial charge >= 0.3 is 0 Å². The molecule has 0 saturated heterocycles. The molecule has 0 radical (unpaired) electrons. The van der Waals surface area contributed by atoms with E-state index in [0.717, 1.165) is 49.9 Å². The van der Waals surface area contributed by atoms with Gasteiger partial charge in [-0.05, 0) is 25.1 Å². The summed E-state index contributed by atoms with van der Waals surface area (Å²) in [5.41, 5.74) is 6.07. The predicted octanol–water partition coefficient (Wildman–Crippen LogP) is 8.84.